The molecule has 2 heterocycles. The van der Waals surface area contributed by atoms with E-state index in [0.717, 1.165) is 35.3 Å². The Morgan fingerprint density at radius 1 is 1.54 bits per heavy atom. The second-order valence-corrected chi connectivity index (χ2v) is 5.59. The van der Waals surface area contributed by atoms with E-state index in [1.807, 2.05) is 18.2 Å². The van der Waals surface area contributed by atoms with Crippen molar-refractivity contribution in [3.05, 3.63) is 29.6 Å². The average molecular weight is 326 g/mol. The van der Waals surface area contributed by atoms with E-state index in [4.69, 9.17) is 6.42 Å². The van der Waals surface area contributed by atoms with Crippen LogP contribution in [-0.2, 0) is 9.53 Å². The number of H-pyrrole nitrogens is 1. The smallest absolute Gasteiger partial charge is 0.407 e. The number of fused-ring (bicyclic) bond motifs is 1. The highest BCUT2D eigenvalue weighted by Gasteiger charge is 2.32. The number of hydrogen-bond acceptors (Lipinski definition) is 4. The number of nitrogens with zero attached hydrogens (tertiary/aromatic N) is 2. The number of carbonyl (C=O) groups is 2. The Morgan fingerprint density at radius 2 is 2.38 bits per heavy atom. The van der Waals surface area contributed by atoms with Crippen LogP contribution in [-0.4, -0.2) is 47.1 Å². The number of methoxy groups -OCH3 is 1. The van der Waals surface area contributed by atoms with Crippen LogP contribution in [0.5, 0.6) is 0 Å². The molecule has 7 heteroatoms. The number of aromatic nitrogens is 2. The highest BCUT2D eigenvalue weighted by molar-refractivity contribution is 5.83. The third kappa shape index (κ3) is 3.04. The molecule has 2 aromatic rings. The number of hydrogen-bond donors (Lipinski definition) is 2. The number of alkyl carbamates (subject to hydrolysis) is 1. The summed E-state index contributed by atoms with van der Waals surface area (Å²) in [6, 6.07) is 5.44. The lowest BCUT2D eigenvalue weighted by molar-refractivity contribution is -0.131. The number of rotatable bonds is 3. The molecule has 0 unspecified atom stereocenters. The topological polar surface area (TPSA) is 87.3 Å². The van der Waals surface area contributed by atoms with E-state index < -0.39 is 6.09 Å². The van der Waals surface area contributed by atoms with E-state index in [-0.39, 0.29) is 18.5 Å². The van der Waals surface area contributed by atoms with Gasteiger partial charge in [-0.15, -0.1) is 6.42 Å². The number of carbonyl (C=O) groups excluding carboxylic acids is 2. The molecule has 1 aliphatic rings. The minimum absolute atomic E-state index is 0.0926. The number of imidazole rings is 1. The molecule has 124 valence electrons. The van der Waals surface area contributed by atoms with Crippen molar-refractivity contribution < 1.29 is 14.3 Å². The van der Waals surface area contributed by atoms with Crippen LogP contribution >= 0.6 is 0 Å². The lowest BCUT2D eigenvalue weighted by Gasteiger charge is -2.23. The van der Waals surface area contributed by atoms with Gasteiger partial charge in [0.05, 0.1) is 24.2 Å². The molecule has 1 aromatic carbocycles. The fraction of sp³-hybridized carbons (Fsp3) is 0.353. The fourth-order valence-corrected chi connectivity index (χ4v) is 2.95. The van der Waals surface area contributed by atoms with Crippen molar-refractivity contribution in [1.29, 1.82) is 0 Å². The van der Waals surface area contributed by atoms with E-state index in [0.29, 0.717) is 6.54 Å². The minimum atomic E-state index is -0.621. The van der Waals surface area contributed by atoms with Crippen molar-refractivity contribution >= 4 is 23.0 Å². The number of nitrogens with one attached hydrogen (secondary N) is 2. The van der Waals surface area contributed by atoms with Crippen LogP contribution in [0.15, 0.2) is 18.2 Å². The molecule has 0 radical (unpaired) electrons. The summed E-state index contributed by atoms with van der Waals surface area (Å²) in [7, 11) is 1.26. The van der Waals surface area contributed by atoms with Gasteiger partial charge in [0.25, 0.3) is 0 Å². The Morgan fingerprint density at radius 3 is 3.12 bits per heavy atom. The fourth-order valence-electron chi connectivity index (χ4n) is 2.95. The SMILES string of the molecule is C#Cc1ccc2nc([C@@H]3CCCN3C(=O)CNC(=O)OC)[nH]c2c1. The van der Waals surface area contributed by atoms with Crippen molar-refractivity contribution in [3.63, 3.8) is 0 Å². The summed E-state index contributed by atoms with van der Waals surface area (Å²) in [5.41, 5.74) is 2.45. The van der Waals surface area contributed by atoms with Gasteiger partial charge in [0, 0.05) is 12.1 Å². The van der Waals surface area contributed by atoms with E-state index in [1.54, 1.807) is 4.90 Å². The van der Waals surface area contributed by atoms with Crippen LogP contribution in [0.3, 0.4) is 0 Å². The molecule has 2 amide bonds. The van der Waals surface area contributed by atoms with Crippen LogP contribution in [0.1, 0.15) is 30.3 Å². The summed E-state index contributed by atoms with van der Waals surface area (Å²) in [6.07, 6.45) is 6.51. The molecular formula is C17H18N4O3. The first-order chi connectivity index (χ1) is 11.6. The summed E-state index contributed by atoms with van der Waals surface area (Å²) in [5, 5.41) is 2.42. The molecule has 0 aliphatic carbocycles. The Kier molecular flexibility index (Phi) is 4.38. The quantitative estimate of drug-likeness (QED) is 0.838. The molecule has 1 fully saturated rings. The summed E-state index contributed by atoms with van der Waals surface area (Å²) in [6.45, 7) is 0.545. The maximum atomic E-state index is 12.4. The number of likely N-dealkylation sites (tertiary alicyclic amines) is 1. The van der Waals surface area contributed by atoms with Gasteiger partial charge in [-0.05, 0) is 31.0 Å². The van der Waals surface area contributed by atoms with Crippen molar-refractivity contribution in [1.82, 2.24) is 20.2 Å². The molecular weight excluding hydrogens is 308 g/mol. The highest BCUT2D eigenvalue weighted by atomic mass is 16.5. The van der Waals surface area contributed by atoms with Gasteiger partial charge in [-0.1, -0.05) is 5.92 Å². The van der Waals surface area contributed by atoms with Gasteiger partial charge in [-0.25, -0.2) is 9.78 Å². The zero-order valence-corrected chi connectivity index (χ0v) is 13.3. The summed E-state index contributed by atoms with van der Waals surface area (Å²) < 4.78 is 4.48. The van der Waals surface area contributed by atoms with E-state index in [1.165, 1.54) is 7.11 Å². The number of aromatic amines is 1. The van der Waals surface area contributed by atoms with E-state index >= 15 is 0 Å². The van der Waals surface area contributed by atoms with Gasteiger partial charge in [-0.2, -0.15) is 0 Å². The van der Waals surface area contributed by atoms with Gasteiger partial charge in [0.15, 0.2) is 0 Å². The van der Waals surface area contributed by atoms with Crippen molar-refractivity contribution in [2.45, 2.75) is 18.9 Å². The Bertz CT molecular complexity index is 821. The molecule has 0 spiro atoms. The highest BCUT2D eigenvalue weighted by Crippen LogP contribution is 2.31. The zero-order chi connectivity index (χ0) is 17.1. The lowest BCUT2D eigenvalue weighted by Crippen LogP contribution is -2.40. The summed E-state index contributed by atoms with van der Waals surface area (Å²) in [5.74, 6) is 3.17. The molecule has 0 bridgehead atoms. The summed E-state index contributed by atoms with van der Waals surface area (Å²) >= 11 is 0. The maximum Gasteiger partial charge on any atom is 0.407 e. The van der Waals surface area contributed by atoms with Crippen molar-refractivity contribution in [2.75, 3.05) is 20.2 Å². The first kappa shape index (κ1) is 15.9. The second-order valence-electron chi connectivity index (χ2n) is 5.59. The Hall–Kier alpha value is -3.01. The second kappa shape index (κ2) is 6.62. The zero-order valence-electron chi connectivity index (χ0n) is 13.3. The molecule has 3 rings (SSSR count). The third-order valence-electron chi connectivity index (χ3n) is 4.12. The molecule has 1 atom stereocenters. The molecule has 2 N–H and O–H groups in total. The van der Waals surface area contributed by atoms with E-state index in [9.17, 15) is 9.59 Å². The van der Waals surface area contributed by atoms with Crippen LogP contribution < -0.4 is 5.32 Å². The molecule has 1 saturated heterocycles. The van der Waals surface area contributed by atoms with Crippen LogP contribution in [0.4, 0.5) is 4.79 Å². The first-order valence-electron chi connectivity index (χ1n) is 7.70. The number of benzene rings is 1. The number of ether oxygens (including phenoxy) is 1. The predicted molar refractivity (Wildman–Crippen MR) is 88.1 cm³/mol. The predicted octanol–water partition coefficient (Wildman–Crippen LogP) is 1.56. The van der Waals surface area contributed by atoms with Crippen molar-refractivity contribution in [2.24, 2.45) is 0 Å². The Balaban J connectivity index is 1.79. The third-order valence-corrected chi connectivity index (χ3v) is 4.12. The molecule has 1 aliphatic heterocycles. The van der Waals surface area contributed by atoms with Gasteiger partial charge in [-0.3, -0.25) is 4.79 Å². The molecule has 7 nitrogen and oxygen atoms in total. The van der Waals surface area contributed by atoms with E-state index in [2.05, 4.69) is 25.9 Å². The van der Waals surface area contributed by atoms with Crippen LogP contribution in [0.2, 0.25) is 0 Å². The molecule has 0 saturated carbocycles. The van der Waals surface area contributed by atoms with Crippen LogP contribution in [0.25, 0.3) is 11.0 Å². The minimum Gasteiger partial charge on any atom is -0.453 e. The first-order valence-corrected chi connectivity index (χ1v) is 7.70. The Labute approximate surface area is 139 Å². The average Bonchev–Trinajstić information content (AvgIpc) is 3.24. The largest absolute Gasteiger partial charge is 0.453 e. The van der Waals surface area contributed by atoms with Crippen LogP contribution in [0, 0.1) is 12.3 Å². The van der Waals surface area contributed by atoms with Crippen molar-refractivity contribution in [3.8, 4) is 12.3 Å². The molecule has 24 heavy (non-hydrogen) atoms. The monoisotopic (exact) mass is 326 g/mol. The summed E-state index contributed by atoms with van der Waals surface area (Å²) in [4.78, 5) is 33.1. The normalized spacial score (nSPS) is 16.8. The number of terminal acetylenes is 1. The maximum absolute atomic E-state index is 12.4. The van der Waals surface area contributed by atoms with Gasteiger partial charge in [0.2, 0.25) is 5.91 Å². The molecule has 1 aromatic heterocycles. The lowest BCUT2D eigenvalue weighted by atomic mass is 10.2. The van der Waals surface area contributed by atoms with Gasteiger partial charge >= 0.3 is 6.09 Å². The van der Waals surface area contributed by atoms with Gasteiger partial charge in [0.1, 0.15) is 12.4 Å². The standard InChI is InChI=1S/C17H18N4O3/c1-3-11-6-7-12-13(9-11)20-16(19-12)14-5-4-8-21(14)15(22)10-18-17(23)24-2/h1,6-7,9,14H,4-5,8,10H2,2H3,(H,18,23)(H,19,20)/t14-/m0/s1. The number of amides is 2. The van der Waals surface area contributed by atoms with Gasteiger partial charge < -0.3 is 19.9 Å².